The molecule has 6 nitrogen and oxygen atoms in total. The molecular formula is C22H30N4O2. The van der Waals surface area contributed by atoms with Gasteiger partial charge in [0.2, 0.25) is 5.91 Å². The van der Waals surface area contributed by atoms with Crippen LogP contribution in [0.1, 0.15) is 33.1 Å². The summed E-state index contributed by atoms with van der Waals surface area (Å²) in [5, 5.41) is 0.560. The SMILES string of the molecule is CC(C)[C@@H]1CN(C(=O)Cn2cnc3ccccc3c2=O)CCCN1CC1CC1. The third-order valence-electron chi connectivity index (χ3n) is 6.10. The predicted molar refractivity (Wildman–Crippen MR) is 110 cm³/mol. The lowest BCUT2D eigenvalue weighted by molar-refractivity contribution is -0.132. The number of hydrogen-bond donors (Lipinski definition) is 0. The Bertz CT molecular complexity index is 903. The van der Waals surface area contributed by atoms with E-state index in [1.165, 1.54) is 30.3 Å². The summed E-state index contributed by atoms with van der Waals surface area (Å²) in [5.41, 5.74) is 0.520. The Balaban J connectivity index is 1.49. The highest BCUT2D eigenvalue weighted by Crippen LogP contribution is 2.31. The second-order valence-electron chi connectivity index (χ2n) is 8.64. The molecule has 1 aliphatic heterocycles. The summed E-state index contributed by atoms with van der Waals surface area (Å²) < 4.78 is 1.45. The third kappa shape index (κ3) is 4.12. The molecule has 0 bridgehead atoms. The number of para-hydroxylation sites is 1. The maximum Gasteiger partial charge on any atom is 0.261 e. The summed E-state index contributed by atoms with van der Waals surface area (Å²) in [6.07, 6.45) is 5.19. The van der Waals surface area contributed by atoms with Crippen LogP contribution in [0.4, 0.5) is 0 Å². The van der Waals surface area contributed by atoms with Crippen LogP contribution in [0, 0.1) is 11.8 Å². The standard InChI is InChI=1S/C22H30N4O2/c1-16(2)20-13-25(11-5-10-24(20)12-17-8-9-17)21(27)14-26-15-23-19-7-4-3-6-18(19)22(26)28/h3-4,6-7,15-17,20H,5,8-14H2,1-2H3/t20-/m0/s1. The Morgan fingerprint density at radius 2 is 2.00 bits per heavy atom. The molecule has 0 unspecified atom stereocenters. The fourth-order valence-corrected chi connectivity index (χ4v) is 4.25. The average molecular weight is 383 g/mol. The maximum absolute atomic E-state index is 13.0. The van der Waals surface area contributed by atoms with Gasteiger partial charge in [-0.05, 0) is 43.2 Å². The topological polar surface area (TPSA) is 58.4 Å². The van der Waals surface area contributed by atoms with Crippen LogP contribution >= 0.6 is 0 Å². The van der Waals surface area contributed by atoms with Gasteiger partial charge in [-0.2, -0.15) is 0 Å². The van der Waals surface area contributed by atoms with Crippen molar-refractivity contribution in [2.24, 2.45) is 11.8 Å². The molecule has 0 spiro atoms. The van der Waals surface area contributed by atoms with Crippen LogP contribution in [0.25, 0.3) is 10.9 Å². The molecule has 2 heterocycles. The number of fused-ring (bicyclic) bond motifs is 1. The lowest BCUT2D eigenvalue weighted by Crippen LogP contribution is -2.47. The fourth-order valence-electron chi connectivity index (χ4n) is 4.25. The van der Waals surface area contributed by atoms with Crippen molar-refractivity contribution >= 4 is 16.8 Å². The van der Waals surface area contributed by atoms with E-state index in [1.54, 1.807) is 6.07 Å². The van der Waals surface area contributed by atoms with Gasteiger partial charge in [-0.15, -0.1) is 0 Å². The van der Waals surface area contributed by atoms with Crippen molar-refractivity contribution in [1.29, 1.82) is 0 Å². The first-order valence-corrected chi connectivity index (χ1v) is 10.5. The quantitative estimate of drug-likeness (QED) is 0.797. The van der Waals surface area contributed by atoms with Crippen LogP contribution in [-0.2, 0) is 11.3 Å². The summed E-state index contributed by atoms with van der Waals surface area (Å²) >= 11 is 0. The third-order valence-corrected chi connectivity index (χ3v) is 6.10. The molecule has 1 saturated carbocycles. The van der Waals surface area contributed by atoms with Gasteiger partial charge in [-0.1, -0.05) is 26.0 Å². The Labute approximate surface area is 166 Å². The number of rotatable bonds is 5. The number of hydrogen-bond acceptors (Lipinski definition) is 4. The molecule has 1 amide bonds. The number of benzene rings is 1. The number of carbonyl (C=O) groups is 1. The van der Waals surface area contributed by atoms with Crippen molar-refractivity contribution in [3.8, 4) is 0 Å². The lowest BCUT2D eigenvalue weighted by atomic mass is 10.0. The van der Waals surface area contributed by atoms with E-state index < -0.39 is 0 Å². The normalized spacial score (nSPS) is 21.2. The molecule has 6 heteroatoms. The number of aromatic nitrogens is 2. The lowest BCUT2D eigenvalue weighted by Gasteiger charge is -2.34. The molecule has 1 aromatic heterocycles. The summed E-state index contributed by atoms with van der Waals surface area (Å²) in [6, 6.07) is 7.66. The monoisotopic (exact) mass is 382 g/mol. The van der Waals surface area contributed by atoms with Crippen LogP contribution < -0.4 is 5.56 Å². The van der Waals surface area contributed by atoms with Crippen molar-refractivity contribution < 1.29 is 4.79 Å². The molecule has 28 heavy (non-hydrogen) atoms. The van der Waals surface area contributed by atoms with Gasteiger partial charge in [-0.25, -0.2) is 4.98 Å². The van der Waals surface area contributed by atoms with Gasteiger partial charge in [0.15, 0.2) is 0 Å². The molecule has 2 aliphatic rings. The zero-order valence-electron chi connectivity index (χ0n) is 16.9. The smallest absolute Gasteiger partial charge is 0.261 e. The molecule has 1 atom stereocenters. The summed E-state index contributed by atoms with van der Waals surface area (Å²) in [4.78, 5) is 34.6. The van der Waals surface area contributed by atoms with Gasteiger partial charge in [0.05, 0.1) is 17.2 Å². The number of carbonyl (C=O) groups excluding carboxylic acids is 1. The fraction of sp³-hybridized carbons (Fsp3) is 0.591. The minimum Gasteiger partial charge on any atom is -0.340 e. The average Bonchev–Trinajstić information content (AvgIpc) is 3.51. The molecule has 2 aromatic rings. The maximum atomic E-state index is 13.0. The Hall–Kier alpha value is -2.21. The van der Waals surface area contributed by atoms with Gasteiger partial charge < -0.3 is 4.90 Å². The Kier molecular flexibility index (Phi) is 5.49. The number of amides is 1. The van der Waals surface area contributed by atoms with Crippen LogP contribution in [-0.4, -0.2) is 57.5 Å². The van der Waals surface area contributed by atoms with Gasteiger partial charge in [0.1, 0.15) is 6.54 Å². The van der Waals surface area contributed by atoms with E-state index in [2.05, 4.69) is 23.7 Å². The molecular weight excluding hydrogens is 352 g/mol. The van der Waals surface area contributed by atoms with E-state index >= 15 is 0 Å². The molecule has 1 aliphatic carbocycles. The highest BCUT2D eigenvalue weighted by molar-refractivity contribution is 5.79. The van der Waals surface area contributed by atoms with Crippen LogP contribution in [0.15, 0.2) is 35.4 Å². The van der Waals surface area contributed by atoms with Gasteiger partial charge >= 0.3 is 0 Å². The Morgan fingerprint density at radius 1 is 1.21 bits per heavy atom. The first kappa shape index (κ1) is 19.1. The molecule has 4 rings (SSSR count). The van der Waals surface area contributed by atoms with Crippen molar-refractivity contribution in [3.05, 3.63) is 40.9 Å². The van der Waals surface area contributed by atoms with E-state index in [0.717, 1.165) is 32.0 Å². The highest BCUT2D eigenvalue weighted by Gasteiger charge is 2.33. The molecule has 1 aromatic carbocycles. The predicted octanol–water partition coefficient (Wildman–Crippen LogP) is 2.37. The van der Waals surface area contributed by atoms with E-state index in [1.807, 2.05) is 23.1 Å². The van der Waals surface area contributed by atoms with E-state index in [0.29, 0.717) is 22.9 Å². The molecule has 0 N–H and O–H groups in total. The zero-order valence-corrected chi connectivity index (χ0v) is 16.9. The van der Waals surface area contributed by atoms with Crippen LogP contribution in [0.2, 0.25) is 0 Å². The first-order chi connectivity index (χ1) is 13.5. The summed E-state index contributed by atoms with van der Waals surface area (Å²) in [7, 11) is 0. The van der Waals surface area contributed by atoms with Crippen molar-refractivity contribution in [1.82, 2.24) is 19.4 Å². The molecule has 0 radical (unpaired) electrons. The van der Waals surface area contributed by atoms with E-state index in [9.17, 15) is 9.59 Å². The van der Waals surface area contributed by atoms with E-state index in [-0.39, 0.29) is 18.0 Å². The summed E-state index contributed by atoms with van der Waals surface area (Å²) in [5.74, 6) is 1.36. The molecule has 150 valence electrons. The largest absolute Gasteiger partial charge is 0.340 e. The van der Waals surface area contributed by atoms with Crippen LogP contribution in [0.3, 0.4) is 0 Å². The summed E-state index contributed by atoms with van der Waals surface area (Å²) in [6.45, 7) is 8.29. The zero-order chi connectivity index (χ0) is 19.7. The minimum absolute atomic E-state index is 0.0121. The van der Waals surface area contributed by atoms with Crippen molar-refractivity contribution in [3.63, 3.8) is 0 Å². The van der Waals surface area contributed by atoms with Crippen molar-refractivity contribution in [2.75, 3.05) is 26.2 Å². The van der Waals surface area contributed by atoms with E-state index in [4.69, 9.17) is 0 Å². The number of nitrogens with zero attached hydrogens (tertiary/aromatic N) is 4. The highest BCUT2D eigenvalue weighted by atomic mass is 16.2. The second-order valence-corrected chi connectivity index (χ2v) is 8.64. The molecule has 2 fully saturated rings. The van der Waals surface area contributed by atoms with Gasteiger partial charge in [0.25, 0.3) is 5.56 Å². The molecule has 1 saturated heterocycles. The van der Waals surface area contributed by atoms with Crippen molar-refractivity contribution in [2.45, 2.75) is 45.7 Å². The second kappa shape index (κ2) is 8.03. The first-order valence-electron chi connectivity index (χ1n) is 10.5. The Morgan fingerprint density at radius 3 is 2.75 bits per heavy atom. The van der Waals surface area contributed by atoms with Gasteiger partial charge in [0, 0.05) is 32.2 Å². The minimum atomic E-state index is -0.149. The van der Waals surface area contributed by atoms with Crippen LogP contribution in [0.5, 0.6) is 0 Å². The van der Waals surface area contributed by atoms with Gasteiger partial charge in [-0.3, -0.25) is 19.1 Å².